The summed E-state index contributed by atoms with van der Waals surface area (Å²) in [7, 11) is 3.22. The normalized spacial score (nSPS) is 14.9. The van der Waals surface area contributed by atoms with Crippen molar-refractivity contribution in [2.45, 2.75) is 32.3 Å². The predicted molar refractivity (Wildman–Crippen MR) is 103 cm³/mol. The third kappa shape index (κ3) is 4.32. The Balaban J connectivity index is 1.72. The van der Waals surface area contributed by atoms with Crippen LogP contribution in [0, 0.1) is 0 Å². The molecule has 2 heterocycles. The standard InChI is InChI=1S/C19H26N4O4/c1-4-7-20-19(24)27-13-5-8-23(9-6-13)18-14-10-16(25-2)17(26-3)11-15(14)21-12-22-18/h10-13H,4-9H2,1-3H3,(H,20,24). The quantitative estimate of drug-likeness (QED) is 0.832. The van der Waals surface area contributed by atoms with E-state index >= 15 is 0 Å². The predicted octanol–water partition coefficient (Wildman–Crippen LogP) is 2.75. The Morgan fingerprint density at radius 3 is 2.56 bits per heavy atom. The number of fused-ring (bicyclic) bond motifs is 1. The molecule has 1 amide bonds. The number of nitrogens with zero attached hydrogens (tertiary/aromatic N) is 3. The summed E-state index contributed by atoms with van der Waals surface area (Å²) in [5, 5.41) is 3.66. The molecule has 1 aromatic heterocycles. The number of carbonyl (C=O) groups excluding carboxylic acids is 1. The van der Waals surface area contributed by atoms with E-state index in [0.29, 0.717) is 18.0 Å². The number of hydrogen-bond donors (Lipinski definition) is 1. The van der Waals surface area contributed by atoms with Gasteiger partial charge in [0, 0.05) is 43.9 Å². The summed E-state index contributed by atoms with van der Waals surface area (Å²) in [5.41, 5.74) is 0.801. The van der Waals surface area contributed by atoms with Gasteiger partial charge in [0.1, 0.15) is 18.2 Å². The molecule has 0 saturated carbocycles. The molecular formula is C19H26N4O4. The Bertz CT molecular complexity index is 791. The lowest BCUT2D eigenvalue weighted by Gasteiger charge is -2.33. The zero-order valence-electron chi connectivity index (χ0n) is 16.0. The number of piperidine rings is 1. The smallest absolute Gasteiger partial charge is 0.407 e. The van der Waals surface area contributed by atoms with Gasteiger partial charge in [0.15, 0.2) is 11.5 Å². The molecule has 2 aromatic rings. The number of nitrogens with one attached hydrogen (secondary N) is 1. The molecule has 1 aliphatic rings. The Labute approximate surface area is 158 Å². The van der Waals surface area contributed by atoms with E-state index in [0.717, 1.165) is 49.1 Å². The van der Waals surface area contributed by atoms with E-state index in [-0.39, 0.29) is 12.2 Å². The number of hydrogen-bond acceptors (Lipinski definition) is 7. The van der Waals surface area contributed by atoms with Crippen LogP contribution in [0.25, 0.3) is 10.9 Å². The molecule has 1 saturated heterocycles. The number of carbonyl (C=O) groups is 1. The molecule has 1 aliphatic heterocycles. The van der Waals surface area contributed by atoms with Crippen LogP contribution in [0.3, 0.4) is 0 Å². The molecular weight excluding hydrogens is 348 g/mol. The number of anilines is 1. The van der Waals surface area contributed by atoms with Gasteiger partial charge in [0.2, 0.25) is 0 Å². The lowest BCUT2D eigenvalue weighted by Crippen LogP contribution is -2.40. The molecule has 0 atom stereocenters. The Morgan fingerprint density at radius 2 is 1.89 bits per heavy atom. The van der Waals surface area contributed by atoms with Gasteiger partial charge in [-0.3, -0.25) is 0 Å². The van der Waals surface area contributed by atoms with Crippen molar-refractivity contribution in [2.75, 3.05) is 38.8 Å². The maximum atomic E-state index is 11.7. The average molecular weight is 374 g/mol. The fourth-order valence-electron chi connectivity index (χ4n) is 3.23. The number of methoxy groups -OCH3 is 2. The topological polar surface area (TPSA) is 85.8 Å². The maximum Gasteiger partial charge on any atom is 0.407 e. The van der Waals surface area contributed by atoms with Crippen LogP contribution in [0.5, 0.6) is 11.5 Å². The minimum Gasteiger partial charge on any atom is -0.493 e. The minimum absolute atomic E-state index is 0.0687. The number of rotatable bonds is 6. The van der Waals surface area contributed by atoms with Crippen LogP contribution in [0.4, 0.5) is 10.6 Å². The molecule has 8 nitrogen and oxygen atoms in total. The van der Waals surface area contributed by atoms with E-state index in [1.54, 1.807) is 20.5 Å². The SMILES string of the molecule is CCCNC(=O)OC1CCN(c2ncnc3cc(OC)c(OC)cc23)CC1. The molecule has 0 spiro atoms. The molecule has 0 radical (unpaired) electrons. The number of ether oxygens (including phenoxy) is 3. The van der Waals surface area contributed by atoms with E-state index < -0.39 is 0 Å². The molecule has 27 heavy (non-hydrogen) atoms. The Kier molecular flexibility index (Phi) is 6.16. The van der Waals surface area contributed by atoms with E-state index in [2.05, 4.69) is 20.2 Å². The van der Waals surface area contributed by atoms with E-state index in [1.165, 1.54) is 0 Å². The molecule has 146 valence electrons. The maximum absolute atomic E-state index is 11.7. The molecule has 0 bridgehead atoms. The second kappa shape index (κ2) is 8.75. The molecule has 1 aromatic carbocycles. The zero-order valence-corrected chi connectivity index (χ0v) is 16.0. The van der Waals surface area contributed by atoms with Gasteiger partial charge < -0.3 is 24.4 Å². The zero-order chi connectivity index (χ0) is 19.2. The largest absolute Gasteiger partial charge is 0.493 e. The first-order valence-electron chi connectivity index (χ1n) is 9.22. The van der Waals surface area contributed by atoms with Gasteiger partial charge in [-0.25, -0.2) is 14.8 Å². The molecule has 3 rings (SSSR count). The minimum atomic E-state index is -0.334. The van der Waals surface area contributed by atoms with Crippen LogP contribution < -0.4 is 19.7 Å². The van der Waals surface area contributed by atoms with Crippen molar-refractivity contribution < 1.29 is 19.0 Å². The van der Waals surface area contributed by atoms with Crippen LogP contribution >= 0.6 is 0 Å². The second-order valence-electron chi connectivity index (χ2n) is 6.44. The summed E-state index contributed by atoms with van der Waals surface area (Å²) in [6.07, 6.45) is 3.57. The fourth-order valence-corrected chi connectivity index (χ4v) is 3.23. The highest BCUT2D eigenvalue weighted by Gasteiger charge is 2.24. The molecule has 0 unspecified atom stereocenters. The number of amides is 1. The second-order valence-corrected chi connectivity index (χ2v) is 6.44. The van der Waals surface area contributed by atoms with Crippen LogP contribution in [0.1, 0.15) is 26.2 Å². The molecule has 1 N–H and O–H groups in total. The molecule has 0 aliphatic carbocycles. The van der Waals surface area contributed by atoms with Crippen LogP contribution in [0.2, 0.25) is 0 Å². The highest BCUT2D eigenvalue weighted by atomic mass is 16.6. The average Bonchev–Trinajstić information content (AvgIpc) is 2.71. The lowest BCUT2D eigenvalue weighted by atomic mass is 10.1. The van der Waals surface area contributed by atoms with Crippen molar-refractivity contribution in [1.29, 1.82) is 0 Å². The van der Waals surface area contributed by atoms with E-state index in [9.17, 15) is 4.79 Å². The van der Waals surface area contributed by atoms with E-state index in [1.807, 2.05) is 19.1 Å². The number of alkyl carbamates (subject to hydrolysis) is 1. The fraction of sp³-hybridized carbons (Fsp3) is 0.526. The van der Waals surface area contributed by atoms with Gasteiger partial charge in [-0.15, -0.1) is 0 Å². The van der Waals surface area contributed by atoms with Gasteiger partial charge in [-0.1, -0.05) is 6.92 Å². The van der Waals surface area contributed by atoms with Crippen LogP contribution in [-0.4, -0.2) is 56.0 Å². The third-order valence-corrected chi connectivity index (χ3v) is 4.65. The monoisotopic (exact) mass is 374 g/mol. The summed E-state index contributed by atoms with van der Waals surface area (Å²) in [5.74, 6) is 2.14. The van der Waals surface area contributed by atoms with E-state index in [4.69, 9.17) is 14.2 Å². The highest BCUT2D eigenvalue weighted by Crippen LogP contribution is 2.35. The number of benzene rings is 1. The first-order chi connectivity index (χ1) is 13.2. The van der Waals surface area contributed by atoms with Crippen molar-refractivity contribution in [3.8, 4) is 11.5 Å². The summed E-state index contributed by atoms with van der Waals surface area (Å²) in [6, 6.07) is 3.76. The first-order valence-corrected chi connectivity index (χ1v) is 9.22. The van der Waals surface area contributed by atoms with Gasteiger partial charge in [-0.05, 0) is 12.5 Å². The summed E-state index contributed by atoms with van der Waals surface area (Å²) in [4.78, 5) is 22.8. The van der Waals surface area contributed by atoms with Crippen molar-refractivity contribution in [1.82, 2.24) is 15.3 Å². The van der Waals surface area contributed by atoms with Crippen LogP contribution in [0.15, 0.2) is 18.5 Å². The Hall–Kier alpha value is -2.77. The molecule has 1 fully saturated rings. The molecule has 8 heteroatoms. The van der Waals surface area contributed by atoms with Crippen molar-refractivity contribution >= 4 is 22.8 Å². The van der Waals surface area contributed by atoms with Gasteiger partial charge in [-0.2, -0.15) is 0 Å². The lowest BCUT2D eigenvalue weighted by molar-refractivity contribution is 0.0833. The first kappa shape index (κ1) is 19.0. The summed E-state index contributed by atoms with van der Waals surface area (Å²) in [6.45, 7) is 4.16. The van der Waals surface area contributed by atoms with Crippen LogP contribution in [-0.2, 0) is 4.74 Å². The van der Waals surface area contributed by atoms with Crippen molar-refractivity contribution in [3.05, 3.63) is 18.5 Å². The number of aromatic nitrogens is 2. The summed E-state index contributed by atoms with van der Waals surface area (Å²) >= 11 is 0. The van der Waals surface area contributed by atoms with Crippen molar-refractivity contribution in [3.63, 3.8) is 0 Å². The Morgan fingerprint density at radius 1 is 1.19 bits per heavy atom. The van der Waals surface area contributed by atoms with Gasteiger partial charge in [0.25, 0.3) is 0 Å². The summed E-state index contributed by atoms with van der Waals surface area (Å²) < 4.78 is 16.3. The third-order valence-electron chi connectivity index (χ3n) is 4.65. The van der Waals surface area contributed by atoms with Gasteiger partial charge >= 0.3 is 6.09 Å². The highest BCUT2D eigenvalue weighted by molar-refractivity contribution is 5.92. The van der Waals surface area contributed by atoms with Gasteiger partial charge in [0.05, 0.1) is 19.7 Å². The van der Waals surface area contributed by atoms with Crippen molar-refractivity contribution in [2.24, 2.45) is 0 Å².